The Kier molecular flexibility index (Phi) is 5.98. The summed E-state index contributed by atoms with van der Waals surface area (Å²) >= 11 is 0. The van der Waals surface area contributed by atoms with E-state index in [1.807, 2.05) is 31.2 Å². The van der Waals surface area contributed by atoms with Gasteiger partial charge in [0.25, 0.3) is 0 Å². The fraction of sp³-hybridized carbons (Fsp3) is 0.130. The van der Waals surface area contributed by atoms with Crippen molar-refractivity contribution in [2.45, 2.75) is 13.3 Å². The third kappa shape index (κ3) is 4.58. The highest BCUT2D eigenvalue weighted by Gasteiger charge is 2.22. The van der Waals surface area contributed by atoms with Gasteiger partial charge in [-0.25, -0.2) is 14.4 Å². The number of nitrogens with one attached hydrogen (secondary N) is 1. The van der Waals surface area contributed by atoms with Crippen LogP contribution in [0.25, 0.3) is 22.5 Å². The monoisotopic (exact) mass is 418 g/mol. The molecular weight excluding hydrogens is 399 g/mol. The van der Waals surface area contributed by atoms with Gasteiger partial charge in [0.15, 0.2) is 0 Å². The van der Waals surface area contributed by atoms with Crippen LogP contribution in [0.15, 0.2) is 71.6 Å². The van der Waals surface area contributed by atoms with Gasteiger partial charge in [0, 0.05) is 17.3 Å². The van der Waals surface area contributed by atoms with Gasteiger partial charge in [-0.2, -0.15) is 0 Å². The van der Waals surface area contributed by atoms with E-state index in [1.165, 1.54) is 18.5 Å². The SMILES string of the molecule is CCOc1ccccc1CC(=O)Nc1onc(-c2ccc(F)cc2)c1-c1ccncn1. The van der Waals surface area contributed by atoms with E-state index in [2.05, 4.69) is 20.4 Å². The number of hydrogen-bond acceptors (Lipinski definition) is 6. The van der Waals surface area contributed by atoms with Crippen LogP contribution in [-0.4, -0.2) is 27.6 Å². The molecule has 1 N–H and O–H groups in total. The standard InChI is InChI=1S/C23H19FN4O3/c1-2-30-19-6-4-3-5-16(19)13-20(29)27-23-21(18-11-12-25-14-26-18)22(28-31-23)15-7-9-17(24)10-8-15/h3-12,14H,2,13H2,1H3,(H,27,29). The van der Waals surface area contributed by atoms with Crippen LogP contribution in [0.3, 0.4) is 0 Å². The second-order valence-electron chi connectivity index (χ2n) is 6.60. The quantitative estimate of drug-likeness (QED) is 0.475. The molecule has 0 aliphatic rings. The van der Waals surface area contributed by atoms with E-state index in [-0.39, 0.29) is 24.0 Å². The van der Waals surface area contributed by atoms with Crippen molar-refractivity contribution >= 4 is 11.8 Å². The largest absolute Gasteiger partial charge is 0.494 e. The molecule has 4 rings (SSSR count). The Hall–Kier alpha value is -4.07. The average molecular weight is 418 g/mol. The number of aromatic nitrogens is 3. The Morgan fingerprint density at radius 1 is 1.13 bits per heavy atom. The van der Waals surface area contributed by atoms with Crippen LogP contribution in [0.5, 0.6) is 5.75 Å². The molecule has 2 heterocycles. The van der Waals surface area contributed by atoms with E-state index in [0.29, 0.717) is 34.9 Å². The molecule has 31 heavy (non-hydrogen) atoms. The van der Waals surface area contributed by atoms with Gasteiger partial charge in [-0.15, -0.1) is 0 Å². The molecule has 0 radical (unpaired) electrons. The lowest BCUT2D eigenvalue weighted by atomic mass is 10.0. The van der Waals surface area contributed by atoms with Crippen LogP contribution in [0, 0.1) is 5.82 Å². The zero-order valence-electron chi connectivity index (χ0n) is 16.7. The molecule has 0 atom stereocenters. The average Bonchev–Trinajstić information content (AvgIpc) is 3.19. The number of halogens is 1. The minimum atomic E-state index is -0.364. The maximum Gasteiger partial charge on any atom is 0.241 e. The Balaban J connectivity index is 1.66. The number of para-hydroxylation sites is 1. The number of rotatable bonds is 7. The molecule has 156 valence electrons. The zero-order chi connectivity index (χ0) is 21.6. The highest BCUT2D eigenvalue weighted by molar-refractivity contribution is 5.97. The molecule has 0 aliphatic heterocycles. The fourth-order valence-corrected chi connectivity index (χ4v) is 3.15. The predicted octanol–water partition coefficient (Wildman–Crippen LogP) is 4.52. The second kappa shape index (κ2) is 9.17. The maximum absolute atomic E-state index is 13.4. The molecule has 2 aromatic carbocycles. The van der Waals surface area contributed by atoms with Crippen molar-refractivity contribution < 1.29 is 18.4 Å². The van der Waals surface area contributed by atoms with E-state index < -0.39 is 0 Å². The first-order valence-corrected chi connectivity index (χ1v) is 9.68. The van der Waals surface area contributed by atoms with Crippen LogP contribution >= 0.6 is 0 Å². The summed E-state index contributed by atoms with van der Waals surface area (Å²) in [7, 11) is 0. The molecular formula is C23H19FN4O3. The summed E-state index contributed by atoms with van der Waals surface area (Å²) in [6.45, 7) is 2.38. The van der Waals surface area contributed by atoms with Gasteiger partial charge in [-0.1, -0.05) is 23.4 Å². The molecule has 7 nitrogen and oxygen atoms in total. The van der Waals surface area contributed by atoms with Gasteiger partial charge in [0.05, 0.1) is 24.3 Å². The maximum atomic E-state index is 13.4. The lowest BCUT2D eigenvalue weighted by Gasteiger charge is -2.10. The van der Waals surface area contributed by atoms with Crippen LogP contribution in [0.1, 0.15) is 12.5 Å². The molecule has 0 fully saturated rings. The first kappa shape index (κ1) is 20.2. The normalized spacial score (nSPS) is 10.6. The van der Waals surface area contributed by atoms with Gasteiger partial charge in [-0.05, 0) is 43.3 Å². The molecule has 0 spiro atoms. The summed E-state index contributed by atoms with van der Waals surface area (Å²) in [6.07, 6.45) is 3.06. The highest BCUT2D eigenvalue weighted by Crippen LogP contribution is 2.36. The van der Waals surface area contributed by atoms with Crippen LogP contribution in [0.2, 0.25) is 0 Å². The van der Waals surface area contributed by atoms with Crippen LogP contribution < -0.4 is 10.1 Å². The minimum Gasteiger partial charge on any atom is -0.494 e. The Morgan fingerprint density at radius 2 is 1.94 bits per heavy atom. The summed E-state index contributed by atoms with van der Waals surface area (Å²) < 4.78 is 24.4. The predicted molar refractivity (Wildman–Crippen MR) is 113 cm³/mol. The molecule has 0 saturated heterocycles. The van der Waals surface area contributed by atoms with Crippen LogP contribution in [-0.2, 0) is 11.2 Å². The second-order valence-corrected chi connectivity index (χ2v) is 6.60. The molecule has 8 heteroatoms. The number of amides is 1. The molecule has 4 aromatic rings. The van der Waals surface area contributed by atoms with Gasteiger partial charge in [-0.3, -0.25) is 10.1 Å². The number of anilines is 1. The molecule has 0 saturated carbocycles. The first-order chi connectivity index (χ1) is 15.2. The third-order valence-electron chi connectivity index (χ3n) is 4.52. The third-order valence-corrected chi connectivity index (χ3v) is 4.52. The molecule has 0 bridgehead atoms. The number of carbonyl (C=O) groups is 1. The summed E-state index contributed by atoms with van der Waals surface area (Å²) in [6, 6.07) is 14.9. The summed E-state index contributed by atoms with van der Waals surface area (Å²) in [5.74, 6) is 0.138. The molecule has 1 amide bonds. The van der Waals surface area contributed by atoms with Gasteiger partial charge in [0.1, 0.15) is 23.6 Å². The van der Waals surface area contributed by atoms with Crippen molar-refractivity contribution in [2.24, 2.45) is 0 Å². The summed E-state index contributed by atoms with van der Waals surface area (Å²) in [5.41, 5.74) is 2.81. The van der Waals surface area contributed by atoms with Crippen molar-refractivity contribution in [2.75, 3.05) is 11.9 Å². The summed E-state index contributed by atoms with van der Waals surface area (Å²) in [5, 5.41) is 6.87. The van der Waals surface area contributed by atoms with E-state index >= 15 is 0 Å². The first-order valence-electron chi connectivity index (χ1n) is 9.68. The van der Waals surface area contributed by atoms with Crippen molar-refractivity contribution in [1.82, 2.24) is 15.1 Å². The fourth-order valence-electron chi connectivity index (χ4n) is 3.15. The summed E-state index contributed by atoms with van der Waals surface area (Å²) in [4.78, 5) is 21.0. The molecule has 2 aromatic heterocycles. The smallest absolute Gasteiger partial charge is 0.241 e. The van der Waals surface area contributed by atoms with Crippen molar-refractivity contribution in [3.63, 3.8) is 0 Å². The Bertz CT molecular complexity index is 1180. The Morgan fingerprint density at radius 3 is 2.68 bits per heavy atom. The van der Waals surface area contributed by atoms with E-state index in [4.69, 9.17) is 9.26 Å². The van der Waals surface area contributed by atoms with E-state index in [9.17, 15) is 9.18 Å². The van der Waals surface area contributed by atoms with Gasteiger partial charge in [0.2, 0.25) is 11.8 Å². The number of hydrogen-bond donors (Lipinski definition) is 1. The van der Waals surface area contributed by atoms with Gasteiger partial charge >= 0.3 is 0 Å². The van der Waals surface area contributed by atoms with Crippen molar-refractivity contribution in [3.05, 3.63) is 78.5 Å². The lowest BCUT2D eigenvalue weighted by Crippen LogP contribution is -2.15. The van der Waals surface area contributed by atoms with E-state index in [1.54, 1.807) is 24.4 Å². The van der Waals surface area contributed by atoms with Crippen molar-refractivity contribution in [3.8, 4) is 28.3 Å². The van der Waals surface area contributed by atoms with Crippen LogP contribution in [0.4, 0.5) is 10.3 Å². The molecule has 0 aliphatic carbocycles. The van der Waals surface area contributed by atoms with Gasteiger partial charge < -0.3 is 9.26 Å². The topological polar surface area (TPSA) is 90.1 Å². The highest BCUT2D eigenvalue weighted by atomic mass is 19.1. The zero-order valence-corrected chi connectivity index (χ0v) is 16.7. The lowest BCUT2D eigenvalue weighted by molar-refractivity contribution is -0.115. The number of benzene rings is 2. The number of nitrogens with zero attached hydrogens (tertiary/aromatic N) is 3. The number of ether oxygens (including phenoxy) is 1. The Labute approximate surface area is 177 Å². The van der Waals surface area contributed by atoms with E-state index in [0.717, 1.165) is 5.56 Å². The number of carbonyl (C=O) groups excluding carboxylic acids is 1. The van der Waals surface area contributed by atoms with Crippen molar-refractivity contribution in [1.29, 1.82) is 0 Å². The minimum absolute atomic E-state index is 0.0893. The molecule has 0 unspecified atom stereocenters.